The van der Waals surface area contributed by atoms with Gasteiger partial charge in [-0.1, -0.05) is 37.6 Å². The topological polar surface area (TPSA) is 29.1 Å². The molecule has 0 aliphatic rings. The standard InChI is InChI=1S/C14H21NO/c1-10-6-7-13(11(2)8-10)14(4,5)9-15-12(3)16/h6-8H,9H2,1-5H3,(H,15,16). The normalized spacial score (nSPS) is 11.3. The minimum absolute atomic E-state index is 0.0244. The highest BCUT2D eigenvalue weighted by molar-refractivity contribution is 5.73. The van der Waals surface area contributed by atoms with E-state index in [-0.39, 0.29) is 11.3 Å². The SMILES string of the molecule is CC(=O)NCC(C)(C)c1ccc(C)cc1C. The number of hydrogen-bond donors (Lipinski definition) is 1. The van der Waals surface area contributed by atoms with Crippen LogP contribution in [0.25, 0.3) is 0 Å². The van der Waals surface area contributed by atoms with Gasteiger partial charge in [-0.05, 0) is 25.0 Å². The van der Waals surface area contributed by atoms with Crippen molar-refractivity contribution in [1.29, 1.82) is 0 Å². The summed E-state index contributed by atoms with van der Waals surface area (Å²) in [5.41, 5.74) is 3.84. The Labute approximate surface area is 98.1 Å². The van der Waals surface area contributed by atoms with Crippen LogP contribution in [0.4, 0.5) is 0 Å². The first-order valence-corrected chi connectivity index (χ1v) is 5.65. The van der Waals surface area contributed by atoms with Crippen molar-refractivity contribution in [2.45, 2.75) is 40.0 Å². The summed E-state index contributed by atoms with van der Waals surface area (Å²) in [6.45, 7) is 10.8. The molecule has 0 unspecified atom stereocenters. The van der Waals surface area contributed by atoms with Crippen molar-refractivity contribution in [3.63, 3.8) is 0 Å². The molecule has 1 N–H and O–H groups in total. The molecule has 1 amide bonds. The zero-order valence-corrected chi connectivity index (χ0v) is 10.8. The lowest BCUT2D eigenvalue weighted by Gasteiger charge is -2.27. The lowest BCUT2D eigenvalue weighted by Crippen LogP contribution is -2.35. The van der Waals surface area contributed by atoms with Gasteiger partial charge in [0.25, 0.3) is 0 Å². The molecule has 0 aromatic heterocycles. The smallest absolute Gasteiger partial charge is 0.216 e. The number of carbonyl (C=O) groups is 1. The van der Waals surface area contributed by atoms with Gasteiger partial charge in [0.15, 0.2) is 0 Å². The molecule has 1 rings (SSSR count). The Bertz CT molecular complexity index is 394. The predicted octanol–water partition coefficient (Wildman–Crippen LogP) is 2.72. The zero-order chi connectivity index (χ0) is 12.3. The van der Waals surface area contributed by atoms with Crippen molar-refractivity contribution in [3.8, 4) is 0 Å². The molecule has 1 aromatic rings. The Morgan fingerprint density at radius 3 is 2.44 bits per heavy atom. The van der Waals surface area contributed by atoms with Gasteiger partial charge in [0, 0.05) is 18.9 Å². The van der Waals surface area contributed by atoms with Crippen LogP contribution in [0.5, 0.6) is 0 Å². The van der Waals surface area contributed by atoms with Crippen molar-refractivity contribution >= 4 is 5.91 Å². The third-order valence-electron chi connectivity index (χ3n) is 2.89. The summed E-state index contributed by atoms with van der Waals surface area (Å²) in [4.78, 5) is 10.9. The molecule has 0 fully saturated rings. The average molecular weight is 219 g/mol. The summed E-state index contributed by atoms with van der Waals surface area (Å²) < 4.78 is 0. The molecular formula is C14H21NO. The van der Waals surface area contributed by atoms with Crippen molar-refractivity contribution in [2.24, 2.45) is 0 Å². The van der Waals surface area contributed by atoms with Gasteiger partial charge in [-0.15, -0.1) is 0 Å². The van der Waals surface area contributed by atoms with Crippen LogP contribution < -0.4 is 5.32 Å². The molecular weight excluding hydrogens is 198 g/mol. The first-order chi connectivity index (χ1) is 7.33. The van der Waals surface area contributed by atoms with E-state index >= 15 is 0 Å². The molecule has 16 heavy (non-hydrogen) atoms. The number of hydrogen-bond acceptors (Lipinski definition) is 1. The van der Waals surface area contributed by atoms with Gasteiger partial charge in [-0.2, -0.15) is 0 Å². The molecule has 0 heterocycles. The number of benzene rings is 1. The summed E-state index contributed by atoms with van der Waals surface area (Å²) in [7, 11) is 0. The quantitative estimate of drug-likeness (QED) is 0.832. The third kappa shape index (κ3) is 3.09. The summed E-state index contributed by atoms with van der Waals surface area (Å²) >= 11 is 0. The van der Waals surface area contributed by atoms with E-state index in [0.717, 1.165) is 0 Å². The molecule has 0 saturated carbocycles. The molecule has 2 heteroatoms. The van der Waals surface area contributed by atoms with E-state index in [9.17, 15) is 4.79 Å². The van der Waals surface area contributed by atoms with Gasteiger partial charge >= 0.3 is 0 Å². The molecule has 0 spiro atoms. The summed E-state index contributed by atoms with van der Waals surface area (Å²) in [5, 5.41) is 2.89. The molecule has 0 aliphatic heterocycles. The van der Waals surface area contributed by atoms with Crippen LogP contribution in [0.1, 0.15) is 37.5 Å². The molecule has 0 aliphatic carbocycles. The first-order valence-electron chi connectivity index (χ1n) is 5.65. The van der Waals surface area contributed by atoms with Crippen molar-refractivity contribution < 1.29 is 4.79 Å². The van der Waals surface area contributed by atoms with Gasteiger partial charge in [0.2, 0.25) is 5.91 Å². The van der Waals surface area contributed by atoms with Crippen LogP contribution in [-0.4, -0.2) is 12.5 Å². The largest absolute Gasteiger partial charge is 0.355 e. The molecule has 0 saturated heterocycles. The second-order valence-electron chi connectivity index (χ2n) is 5.11. The Morgan fingerprint density at radius 1 is 1.31 bits per heavy atom. The molecule has 0 radical (unpaired) electrons. The van der Waals surface area contributed by atoms with Crippen LogP contribution in [0.3, 0.4) is 0 Å². The fourth-order valence-electron chi connectivity index (χ4n) is 2.01. The van der Waals surface area contributed by atoms with Crippen LogP contribution in [0.2, 0.25) is 0 Å². The molecule has 2 nitrogen and oxygen atoms in total. The van der Waals surface area contributed by atoms with E-state index in [4.69, 9.17) is 0 Å². The van der Waals surface area contributed by atoms with E-state index in [1.165, 1.54) is 16.7 Å². The number of rotatable bonds is 3. The van der Waals surface area contributed by atoms with Gasteiger partial charge in [0.05, 0.1) is 0 Å². The van der Waals surface area contributed by atoms with Gasteiger partial charge in [-0.3, -0.25) is 4.79 Å². The van der Waals surface area contributed by atoms with Gasteiger partial charge in [-0.25, -0.2) is 0 Å². The monoisotopic (exact) mass is 219 g/mol. The van der Waals surface area contributed by atoms with E-state index in [0.29, 0.717) is 6.54 Å². The van der Waals surface area contributed by atoms with Crippen LogP contribution in [-0.2, 0) is 10.2 Å². The van der Waals surface area contributed by atoms with Crippen LogP contribution in [0, 0.1) is 13.8 Å². The second kappa shape index (κ2) is 4.69. The highest BCUT2D eigenvalue weighted by atomic mass is 16.1. The highest BCUT2D eigenvalue weighted by Crippen LogP contribution is 2.26. The highest BCUT2D eigenvalue weighted by Gasteiger charge is 2.22. The van der Waals surface area contributed by atoms with Crippen molar-refractivity contribution in [2.75, 3.05) is 6.54 Å². The fraction of sp³-hybridized carbons (Fsp3) is 0.500. The summed E-state index contributed by atoms with van der Waals surface area (Å²) in [6, 6.07) is 6.47. The van der Waals surface area contributed by atoms with Gasteiger partial charge < -0.3 is 5.32 Å². The number of carbonyl (C=O) groups excluding carboxylic acids is 1. The molecule has 88 valence electrons. The Morgan fingerprint density at radius 2 is 1.94 bits per heavy atom. The van der Waals surface area contributed by atoms with Crippen LogP contribution >= 0.6 is 0 Å². The minimum Gasteiger partial charge on any atom is -0.355 e. The molecule has 1 aromatic carbocycles. The Kier molecular flexibility index (Phi) is 3.74. The van der Waals surface area contributed by atoms with E-state index < -0.39 is 0 Å². The average Bonchev–Trinajstić information content (AvgIpc) is 2.14. The predicted molar refractivity (Wildman–Crippen MR) is 67.6 cm³/mol. The Hall–Kier alpha value is -1.31. The van der Waals surface area contributed by atoms with Gasteiger partial charge in [0.1, 0.15) is 0 Å². The number of aryl methyl sites for hydroxylation is 2. The number of nitrogens with one attached hydrogen (secondary N) is 1. The molecule has 0 bridgehead atoms. The molecule has 0 atom stereocenters. The maximum Gasteiger partial charge on any atom is 0.216 e. The van der Waals surface area contributed by atoms with E-state index in [2.05, 4.69) is 51.2 Å². The zero-order valence-electron chi connectivity index (χ0n) is 10.8. The van der Waals surface area contributed by atoms with E-state index in [1.807, 2.05) is 0 Å². The third-order valence-corrected chi connectivity index (χ3v) is 2.89. The number of amides is 1. The Balaban J connectivity index is 2.92. The summed E-state index contributed by atoms with van der Waals surface area (Å²) in [6.07, 6.45) is 0. The van der Waals surface area contributed by atoms with E-state index in [1.54, 1.807) is 6.92 Å². The fourth-order valence-corrected chi connectivity index (χ4v) is 2.01. The lowest BCUT2D eigenvalue weighted by atomic mass is 9.81. The maximum atomic E-state index is 10.9. The van der Waals surface area contributed by atoms with Crippen LogP contribution in [0.15, 0.2) is 18.2 Å². The van der Waals surface area contributed by atoms with Crippen molar-refractivity contribution in [1.82, 2.24) is 5.32 Å². The maximum absolute atomic E-state index is 10.9. The first kappa shape index (κ1) is 12.8. The minimum atomic E-state index is -0.0244. The lowest BCUT2D eigenvalue weighted by molar-refractivity contribution is -0.119. The summed E-state index contributed by atoms with van der Waals surface area (Å²) in [5.74, 6) is 0.0258. The second-order valence-corrected chi connectivity index (χ2v) is 5.11. The van der Waals surface area contributed by atoms with Crippen molar-refractivity contribution in [3.05, 3.63) is 34.9 Å².